The average molecular weight is 202 g/mol. The van der Waals surface area contributed by atoms with E-state index in [0.717, 1.165) is 16.7 Å². The molecule has 0 saturated heterocycles. The van der Waals surface area contributed by atoms with Gasteiger partial charge in [0.25, 0.3) is 0 Å². The fraction of sp³-hybridized carbons (Fsp3) is 0.154. The lowest BCUT2D eigenvalue weighted by molar-refractivity contribution is 0.112. The summed E-state index contributed by atoms with van der Waals surface area (Å²) in [6.07, 6.45) is 0.633. The quantitative estimate of drug-likeness (QED) is 0.764. The molecule has 1 rings (SSSR count). The molecular weight excluding hydrogens is 188 g/mol. The maximum Gasteiger partial charge on any atom is 0.153 e. The van der Waals surface area contributed by atoms with Gasteiger partial charge in [0.15, 0.2) is 6.29 Å². The van der Waals surface area contributed by atoms with Gasteiger partial charge in [0, 0.05) is 5.56 Å². The van der Waals surface area contributed by atoms with Gasteiger partial charge in [0.1, 0.15) is 5.75 Å². The van der Waals surface area contributed by atoms with Crippen LogP contribution in [-0.2, 0) is 0 Å². The molecule has 0 aromatic heterocycles. The number of hydrogen-bond donors (Lipinski definition) is 1. The summed E-state index contributed by atoms with van der Waals surface area (Å²) in [4.78, 5) is 10.8. The second-order valence-electron chi connectivity index (χ2n) is 3.64. The summed E-state index contributed by atoms with van der Waals surface area (Å²) < 4.78 is 0. The van der Waals surface area contributed by atoms with Crippen LogP contribution in [0.5, 0.6) is 5.75 Å². The zero-order chi connectivity index (χ0) is 11.6. The lowest BCUT2D eigenvalue weighted by Crippen LogP contribution is -1.91. The monoisotopic (exact) mass is 202 g/mol. The van der Waals surface area contributed by atoms with Gasteiger partial charge in [-0.05, 0) is 37.1 Å². The first kappa shape index (κ1) is 11.2. The molecule has 0 fully saturated rings. The second kappa shape index (κ2) is 4.13. The van der Waals surface area contributed by atoms with Crippen molar-refractivity contribution in [2.75, 3.05) is 0 Å². The number of allylic oxidation sites excluding steroid dienone is 2. The highest BCUT2D eigenvalue weighted by Crippen LogP contribution is 2.30. The minimum absolute atomic E-state index is 0.0116. The number of hydrogen-bond acceptors (Lipinski definition) is 2. The van der Waals surface area contributed by atoms with Crippen LogP contribution in [0.25, 0.3) is 11.1 Å². The third-order valence-electron chi connectivity index (χ3n) is 2.22. The molecule has 0 radical (unpaired) electrons. The largest absolute Gasteiger partial charge is 0.507 e. The Hall–Kier alpha value is -1.83. The molecule has 0 spiro atoms. The van der Waals surface area contributed by atoms with Gasteiger partial charge in [-0.1, -0.05) is 18.7 Å². The number of carbonyl (C=O) groups is 1. The van der Waals surface area contributed by atoms with Gasteiger partial charge < -0.3 is 5.11 Å². The van der Waals surface area contributed by atoms with Crippen LogP contribution >= 0.6 is 0 Å². The lowest BCUT2D eigenvalue weighted by Gasteiger charge is -2.09. The molecule has 0 saturated carbocycles. The Labute approximate surface area is 89.6 Å². The highest BCUT2D eigenvalue weighted by Gasteiger charge is 2.10. The Morgan fingerprint density at radius 2 is 1.87 bits per heavy atom. The SMILES string of the molecule is C=C(C)c1cc(C=O)c(O)c(C(=C)C)c1. The predicted molar refractivity (Wildman–Crippen MR) is 62.9 cm³/mol. The van der Waals surface area contributed by atoms with Crippen molar-refractivity contribution >= 4 is 17.4 Å². The number of carbonyl (C=O) groups excluding carboxylic acids is 1. The Balaban J connectivity index is 3.51. The molecule has 0 aliphatic heterocycles. The van der Waals surface area contributed by atoms with E-state index >= 15 is 0 Å². The topological polar surface area (TPSA) is 37.3 Å². The average Bonchev–Trinajstić information content (AvgIpc) is 2.17. The van der Waals surface area contributed by atoms with Gasteiger partial charge in [-0.25, -0.2) is 0 Å². The van der Waals surface area contributed by atoms with E-state index in [2.05, 4.69) is 13.2 Å². The van der Waals surface area contributed by atoms with Crippen molar-refractivity contribution < 1.29 is 9.90 Å². The van der Waals surface area contributed by atoms with Crippen molar-refractivity contribution in [3.8, 4) is 5.75 Å². The van der Waals surface area contributed by atoms with Crippen molar-refractivity contribution in [1.29, 1.82) is 0 Å². The molecule has 0 heterocycles. The second-order valence-corrected chi connectivity index (χ2v) is 3.64. The molecule has 0 amide bonds. The lowest BCUT2D eigenvalue weighted by atomic mass is 9.97. The summed E-state index contributed by atoms with van der Waals surface area (Å²) in [6, 6.07) is 3.41. The van der Waals surface area contributed by atoms with E-state index in [1.807, 2.05) is 6.92 Å². The number of rotatable bonds is 3. The summed E-state index contributed by atoms with van der Waals surface area (Å²) in [5.41, 5.74) is 3.28. The maximum absolute atomic E-state index is 10.8. The van der Waals surface area contributed by atoms with E-state index < -0.39 is 0 Å². The van der Waals surface area contributed by atoms with Crippen molar-refractivity contribution in [2.24, 2.45) is 0 Å². The number of benzene rings is 1. The van der Waals surface area contributed by atoms with E-state index in [-0.39, 0.29) is 11.3 Å². The van der Waals surface area contributed by atoms with E-state index in [4.69, 9.17) is 0 Å². The standard InChI is InChI=1S/C13H14O2/c1-8(2)10-5-11(7-14)13(15)12(6-10)9(3)4/h5-7,15H,1,3H2,2,4H3. The third kappa shape index (κ3) is 2.15. The van der Waals surface area contributed by atoms with Crippen molar-refractivity contribution in [1.82, 2.24) is 0 Å². The fourth-order valence-corrected chi connectivity index (χ4v) is 1.32. The van der Waals surface area contributed by atoms with Gasteiger partial charge in [0.05, 0.1) is 5.56 Å². The van der Waals surface area contributed by atoms with Gasteiger partial charge in [-0.2, -0.15) is 0 Å². The minimum Gasteiger partial charge on any atom is -0.507 e. The van der Waals surface area contributed by atoms with E-state index in [9.17, 15) is 9.90 Å². The van der Waals surface area contributed by atoms with Crippen LogP contribution in [-0.4, -0.2) is 11.4 Å². The normalized spacial score (nSPS) is 9.73. The zero-order valence-electron chi connectivity index (χ0n) is 9.00. The highest BCUT2D eigenvalue weighted by molar-refractivity contribution is 5.86. The molecule has 0 unspecified atom stereocenters. The summed E-state index contributed by atoms with van der Waals surface area (Å²) in [6.45, 7) is 11.2. The van der Waals surface area contributed by atoms with Gasteiger partial charge >= 0.3 is 0 Å². The minimum atomic E-state index is -0.0116. The van der Waals surface area contributed by atoms with Crippen LogP contribution < -0.4 is 0 Å². The number of aldehydes is 1. The smallest absolute Gasteiger partial charge is 0.153 e. The van der Waals surface area contributed by atoms with E-state index in [0.29, 0.717) is 11.8 Å². The molecule has 0 aliphatic rings. The summed E-state index contributed by atoms with van der Waals surface area (Å²) in [7, 11) is 0. The molecule has 2 nitrogen and oxygen atoms in total. The van der Waals surface area contributed by atoms with Crippen LogP contribution in [0.1, 0.15) is 35.3 Å². The molecule has 1 N–H and O–H groups in total. The van der Waals surface area contributed by atoms with Crippen molar-refractivity contribution in [3.05, 3.63) is 42.0 Å². The predicted octanol–water partition coefficient (Wildman–Crippen LogP) is 3.27. The Bertz CT molecular complexity index is 442. The number of phenols is 1. The van der Waals surface area contributed by atoms with Gasteiger partial charge in [-0.3, -0.25) is 4.79 Å². The summed E-state index contributed by atoms with van der Waals surface area (Å²) >= 11 is 0. The van der Waals surface area contributed by atoms with Gasteiger partial charge in [0.2, 0.25) is 0 Å². The Morgan fingerprint density at radius 3 is 2.27 bits per heavy atom. The first-order chi connectivity index (χ1) is 6.97. The number of aromatic hydroxyl groups is 1. The molecule has 1 aromatic rings. The molecule has 0 atom stereocenters. The first-order valence-electron chi connectivity index (χ1n) is 4.61. The van der Waals surface area contributed by atoms with Crippen LogP contribution in [0.3, 0.4) is 0 Å². The van der Waals surface area contributed by atoms with Gasteiger partial charge in [-0.15, -0.1) is 0 Å². The summed E-state index contributed by atoms with van der Waals surface area (Å²) in [5.74, 6) is -0.0116. The van der Waals surface area contributed by atoms with Crippen LogP contribution in [0, 0.1) is 0 Å². The Kier molecular flexibility index (Phi) is 3.10. The van der Waals surface area contributed by atoms with Crippen molar-refractivity contribution in [3.63, 3.8) is 0 Å². The molecule has 1 aromatic carbocycles. The molecule has 0 aliphatic carbocycles. The molecule has 2 heteroatoms. The summed E-state index contributed by atoms with van der Waals surface area (Å²) in [5, 5.41) is 9.74. The first-order valence-corrected chi connectivity index (χ1v) is 4.61. The van der Waals surface area contributed by atoms with Crippen LogP contribution in [0.4, 0.5) is 0 Å². The highest BCUT2D eigenvalue weighted by atomic mass is 16.3. The van der Waals surface area contributed by atoms with Crippen molar-refractivity contribution in [2.45, 2.75) is 13.8 Å². The van der Waals surface area contributed by atoms with E-state index in [1.165, 1.54) is 0 Å². The molecule has 78 valence electrons. The maximum atomic E-state index is 10.8. The zero-order valence-corrected chi connectivity index (χ0v) is 9.00. The number of phenolic OH excluding ortho intramolecular Hbond substituents is 1. The molecule has 15 heavy (non-hydrogen) atoms. The third-order valence-corrected chi connectivity index (χ3v) is 2.22. The Morgan fingerprint density at radius 1 is 1.27 bits per heavy atom. The van der Waals surface area contributed by atoms with E-state index in [1.54, 1.807) is 19.1 Å². The molecule has 0 bridgehead atoms. The molecular formula is C13H14O2. The van der Waals surface area contributed by atoms with Crippen LogP contribution in [0.2, 0.25) is 0 Å². The van der Waals surface area contributed by atoms with Crippen LogP contribution in [0.15, 0.2) is 25.3 Å². The fourth-order valence-electron chi connectivity index (χ4n) is 1.32.